The Hall–Kier alpha value is -0.400. The van der Waals surface area contributed by atoms with Crippen molar-refractivity contribution in [2.75, 3.05) is 6.54 Å². The Balaban J connectivity index is 2.54. The molecule has 0 radical (unpaired) electrons. The van der Waals surface area contributed by atoms with Crippen molar-refractivity contribution in [2.45, 2.75) is 59.3 Å². The molecule has 14 heavy (non-hydrogen) atoms. The van der Waals surface area contributed by atoms with Gasteiger partial charge in [0.1, 0.15) is 0 Å². The van der Waals surface area contributed by atoms with Crippen LogP contribution in [0.5, 0.6) is 0 Å². The lowest BCUT2D eigenvalue weighted by molar-refractivity contribution is 0.0237. The highest BCUT2D eigenvalue weighted by molar-refractivity contribution is 4.92. The van der Waals surface area contributed by atoms with Crippen LogP contribution >= 0.6 is 0 Å². The van der Waals surface area contributed by atoms with Gasteiger partial charge in [-0.05, 0) is 36.5 Å². The third-order valence-corrected chi connectivity index (χ3v) is 4.39. The second-order valence-corrected chi connectivity index (χ2v) is 5.61. The largest absolute Gasteiger partial charge is 0.151 e. The van der Waals surface area contributed by atoms with Crippen molar-refractivity contribution >= 4 is 0 Å². The molecule has 0 saturated heterocycles. The average Bonchev–Trinajstić information content (AvgIpc) is 2.11. The minimum absolute atomic E-state index is 0.427. The molecule has 0 aromatic carbocycles. The number of hydrogen-bond acceptors (Lipinski definition) is 2. The van der Waals surface area contributed by atoms with Crippen molar-refractivity contribution in [2.24, 2.45) is 16.0 Å². The van der Waals surface area contributed by atoms with Gasteiger partial charge in [-0.1, -0.05) is 38.8 Å². The van der Waals surface area contributed by atoms with Gasteiger partial charge in [0.15, 0.2) is 0 Å². The molecule has 1 unspecified atom stereocenters. The summed E-state index contributed by atoms with van der Waals surface area (Å²) in [4.78, 5) is 10.1. The molecule has 1 atom stereocenters. The van der Waals surface area contributed by atoms with Gasteiger partial charge in [0, 0.05) is 0 Å². The molecule has 1 rings (SSSR count). The predicted octanol–water partition coefficient (Wildman–Crippen LogP) is 4.14. The molecule has 1 saturated carbocycles. The topological polar surface area (TPSA) is 29.4 Å². The van der Waals surface area contributed by atoms with Gasteiger partial charge in [-0.2, -0.15) is 4.91 Å². The van der Waals surface area contributed by atoms with E-state index in [4.69, 9.17) is 0 Å². The van der Waals surface area contributed by atoms with Gasteiger partial charge in [0.2, 0.25) is 0 Å². The number of hydrogen-bond donors (Lipinski definition) is 0. The Morgan fingerprint density at radius 3 is 2.36 bits per heavy atom. The standard InChI is InChI=1S/C12H23NO/c1-11(2)7-4-5-8-12(11,3)9-6-10-13-14/h4-10H2,1-3H3. The fraction of sp³-hybridized carbons (Fsp3) is 1.00. The highest BCUT2D eigenvalue weighted by Gasteiger charge is 2.41. The first-order valence-corrected chi connectivity index (χ1v) is 5.81. The van der Waals surface area contributed by atoms with E-state index in [0.29, 0.717) is 17.4 Å². The minimum atomic E-state index is 0.427. The summed E-state index contributed by atoms with van der Waals surface area (Å²) in [6, 6.07) is 0. The maximum Gasteiger partial charge on any atom is 0.0811 e. The quantitative estimate of drug-likeness (QED) is 0.492. The van der Waals surface area contributed by atoms with Gasteiger partial charge in [-0.15, -0.1) is 0 Å². The van der Waals surface area contributed by atoms with Crippen LogP contribution in [0.1, 0.15) is 59.3 Å². The summed E-state index contributed by atoms with van der Waals surface area (Å²) in [6.45, 7) is 7.63. The molecule has 0 N–H and O–H groups in total. The molecule has 1 fully saturated rings. The highest BCUT2D eigenvalue weighted by Crippen LogP contribution is 2.52. The van der Waals surface area contributed by atoms with Gasteiger partial charge >= 0.3 is 0 Å². The first-order valence-electron chi connectivity index (χ1n) is 5.81. The van der Waals surface area contributed by atoms with Gasteiger partial charge < -0.3 is 0 Å². The van der Waals surface area contributed by atoms with E-state index in [1.807, 2.05) is 0 Å². The fourth-order valence-electron chi connectivity index (χ4n) is 2.72. The van der Waals surface area contributed by atoms with E-state index >= 15 is 0 Å². The first kappa shape index (κ1) is 11.7. The first-order chi connectivity index (χ1) is 6.52. The molecule has 82 valence electrons. The molecule has 2 nitrogen and oxygen atoms in total. The van der Waals surface area contributed by atoms with Crippen LogP contribution < -0.4 is 0 Å². The minimum Gasteiger partial charge on any atom is -0.151 e. The monoisotopic (exact) mass is 197 g/mol. The number of rotatable bonds is 4. The number of nitroso groups, excluding NO2 is 1. The maximum atomic E-state index is 10.1. The predicted molar refractivity (Wildman–Crippen MR) is 60.3 cm³/mol. The van der Waals surface area contributed by atoms with Crippen LogP contribution in [0.3, 0.4) is 0 Å². The average molecular weight is 197 g/mol. The summed E-state index contributed by atoms with van der Waals surface area (Å²) in [5.74, 6) is 0. The third kappa shape index (κ3) is 2.34. The van der Waals surface area contributed by atoms with Crippen molar-refractivity contribution in [3.63, 3.8) is 0 Å². The van der Waals surface area contributed by atoms with Crippen LogP contribution in [0.25, 0.3) is 0 Å². The van der Waals surface area contributed by atoms with Gasteiger partial charge in [-0.3, -0.25) is 0 Å². The normalized spacial score (nSPS) is 31.4. The zero-order chi connectivity index (χ0) is 10.7. The summed E-state index contributed by atoms with van der Waals surface area (Å²) >= 11 is 0. The molecule has 0 aromatic heterocycles. The van der Waals surface area contributed by atoms with E-state index in [2.05, 4.69) is 25.9 Å². The summed E-state index contributed by atoms with van der Waals surface area (Å²) in [7, 11) is 0. The molecule has 2 heteroatoms. The smallest absolute Gasteiger partial charge is 0.0811 e. The van der Waals surface area contributed by atoms with E-state index in [9.17, 15) is 4.91 Å². The SMILES string of the molecule is CC1(C)CCCCC1(C)CCCN=O. The van der Waals surface area contributed by atoms with Crippen LogP contribution in [0.2, 0.25) is 0 Å². The number of nitrogens with zero attached hydrogens (tertiary/aromatic N) is 1. The summed E-state index contributed by atoms with van der Waals surface area (Å²) < 4.78 is 0. The Kier molecular flexibility index (Phi) is 3.68. The second kappa shape index (κ2) is 4.41. The molecular formula is C12H23NO. The second-order valence-electron chi connectivity index (χ2n) is 5.61. The summed E-state index contributed by atoms with van der Waals surface area (Å²) in [6.07, 6.45) is 7.50. The lowest BCUT2D eigenvalue weighted by Gasteiger charge is -2.48. The van der Waals surface area contributed by atoms with Crippen molar-refractivity contribution in [1.82, 2.24) is 0 Å². The molecule has 0 bridgehead atoms. The maximum absolute atomic E-state index is 10.1. The van der Waals surface area contributed by atoms with Crippen LogP contribution in [-0.2, 0) is 0 Å². The van der Waals surface area contributed by atoms with Crippen LogP contribution in [0.4, 0.5) is 0 Å². The molecule has 0 aliphatic heterocycles. The molecule has 0 aromatic rings. The van der Waals surface area contributed by atoms with Crippen molar-refractivity contribution in [1.29, 1.82) is 0 Å². The summed E-state index contributed by atoms with van der Waals surface area (Å²) in [5.41, 5.74) is 0.865. The molecule has 0 amide bonds. The molecule has 0 spiro atoms. The third-order valence-electron chi connectivity index (χ3n) is 4.39. The van der Waals surface area contributed by atoms with Gasteiger partial charge in [0.25, 0.3) is 0 Å². The van der Waals surface area contributed by atoms with E-state index in [1.165, 1.54) is 25.7 Å². The van der Waals surface area contributed by atoms with E-state index in [-0.39, 0.29) is 0 Å². The lowest BCUT2D eigenvalue weighted by Crippen LogP contribution is -2.38. The highest BCUT2D eigenvalue weighted by atomic mass is 16.3. The van der Waals surface area contributed by atoms with Gasteiger partial charge in [0.05, 0.1) is 6.54 Å². The fourth-order valence-corrected chi connectivity index (χ4v) is 2.72. The van der Waals surface area contributed by atoms with E-state index in [1.54, 1.807) is 0 Å². The Morgan fingerprint density at radius 2 is 1.79 bits per heavy atom. The van der Waals surface area contributed by atoms with Crippen molar-refractivity contribution in [3.05, 3.63) is 4.91 Å². The molecule has 0 heterocycles. The summed E-state index contributed by atoms with van der Waals surface area (Å²) in [5, 5.41) is 2.95. The Bertz CT molecular complexity index is 200. The molecule has 1 aliphatic rings. The van der Waals surface area contributed by atoms with Crippen molar-refractivity contribution in [3.8, 4) is 0 Å². The molecular weight excluding hydrogens is 174 g/mol. The van der Waals surface area contributed by atoms with Crippen LogP contribution in [-0.4, -0.2) is 6.54 Å². The zero-order valence-corrected chi connectivity index (χ0v) is 9.81. The Labute approximate surface area is 87.4 Å². The zero-order valence-electron chi connectivity index (χ0n) is 9.81. The van der Waals surface area contributed by atoms with Crippen molar-refractivity contribution < 1.29 is 0 Å². The van der Waals surface area contributed by atoms with E-state index in [0.717, 1.165) is 12.8 Å². The van der Waals surface area contributed by atoms with Crippen LogP contribution in [0, 0.1) is 15.7 Å². The lowest BCUT2D eigenvalue weighted by atomic mass is 9.57. The van der Waals surface area contributed by atoms with E-state index < -0.39 is 0 Å². The van der Waals surface area contributed by atoms with Crippen LogP contribution in [0.15, 0.2) is 5.18 Å². The Morgan fingerprint density at radius 1 is 1.14 bits per heavy atom. The molecule has 1 aliphatic carbocycles. The van der Waals surface area contributed by atoms with Gasteiger partial charge in [-0.25, -0.2) is 0 Å².